The molecule has 0 radical (unpaired) electrons. The van der Waals surface area contributed by atoms with Crippen molar-refractivity contribution in [3.05, 3.63) is 83.4 Å². The van der Waals surface area contributed by atoms with Crippen LogP contribution in [-0.2, 0) is 21.0 Å². The number of carbonyl (C=O) groups is 1. The number of nitrogens with one attached hydrogen (secondary N) is 1. The van der Waals surface area contributed by atoms with Crippen LogP contribution >= 0.6 is 0 Å². The Bertz CT molecular complexity index is 1360. The number of nitrogens with zero attached hydrogens (tertiary/aromatic N) is 1. The lowest BCUT2D eigenvalue weighted by Crippen LogP contribution is -2.41. The molecule has 3 aromatic rings. The molecule has 7 nitrogen and oxygen atoms in total. The maximum atomic E-state index is 13.5. The number of halogens is 3. The average molecular weight is 537 g/mol. The van der Waals surface area contributed by atoms with Crippen LogP contribution < -0.4 is 19.1 Å². The summed E-state index contributed by atoms with van der Waals surface area (Å²) in [6.07, 6.45) is -4.70. The second-order valence-electron chi connectivity index (χ2n) is 8.27. The fourth-order valence-electron chi connectivity index (χ4n) is 3.66. The Labute approximate surface area is 213 Å². The SMILES string of the molecule is COc1ccc(OC)c([C@H](C)NC(=O)CN(c2cccc(C(F)(F)F)c2)S(=O)(=O)c2ccc(C)cc2)c1. The van der Waals surface area contributed by atoms with Crippen LogP contribution in [0.1, 0.15) is 29.7 Å². The third-order valence-corrected chi connectivity index (χ3v) is 7.43. The first kappa shape index (κ1) is 27.9. The lowest BCUT2D eigenvalue weighted by molar-refractivity contribution is -0.137. The summed E-state index contributed by atoms with van der Waals surface area (Å²) in [7, 11) is -1.45. The first-order valence-electron chi connectivity index (χ1n) is 11.1. The summed E-state index contributed by atoms with van der Waals surface area (Å²) in [6, 6.07) is 14.0. The van der Waals surface area contributed by atoms with E-state index in [4.69, 9.17) is 9.47 Å². The van der Waals surface area contributed by atoms with Gasteiger partial charge in [0.25, 0.3) is 10.0 Å². The molecule has 11 heteroatoms. The van der Waals surface area contributed by atoms with Gasteiger partial charge in [0.2, 0.25) is 5.91 Å². The molecule has 3 rings (SSSR count). The van der Waals surface area contributed by atoms with E-state index in [0.29, 0.717) is 27.4 Å². The quantitative estimate of drug-likeness (QED) is 0.411. The second-order valence-corrected chi connectivity index (χ2v) is 10.1. The van der Waals surface area contributed by atoms with Crippen molar-refractivity contribution in [3.63, 3.8) is 0 Å². The van der Waals surface area contributed by atoms with Gasteiger partial charge >= 0.3 is 6.18 Å². The van der Waals surface area contributed by atoms with Gasteiger partial charge in [0.1, 0.15) is 18.0 Å². The Morgan fingerprint density at radius 3 is 2.27 bits per heavy atom. The summed E-state index contributed by atoms with van der Waals surface area (Å²) in [4.78, 5) is 12.9. The highest BCUT2D eigenvalue weighted by molar-refractivity contribution is 7.92. The fourth-order valence-corrected chi connectivity index (χ4v) is 5.08. The summed E-state index contributed by atoms with van der Waals surface area (Å²) in [5.74, 6) is 0.255. The zero-order valence-electron chi connectivity index (χ0n) is 20.7. The first-order chi connectivity index (χ1) is 17.4. The Morgan fingerprint density at radius 1 is 1.00 bits per heavy atom. The van der Waals surface area contributed by atoms with E-state index in [-0.39, 0.29) is 10.6 Å². The number of hydrogen-bond acceptors (Lipinski definition) is 5. The molecule has 0 heterocycles. The number of rotatable bonds is 9. The van der Waals surface area contributed by atoms with Crippen molar-refractivity contribution >= 4 is 21.6 Å². The van der Waals surface area contributed by atoms with E-state index in [1.165, 1.54) is 32.4 Å². The van der Waals surface area contributed by atoms with Crippen molar-refractivity contribution in [3.8, 4) is 11.5 Å². The summed E-state index contributed by atoms with van der Waals surface area (Å²) in [6.45, 7) is 2.68. The van der Waals surface area contributed by atoms with Crippen LogP contribution in [0.4, 0.5) is 18.9 Å². The van der Waals surface area contributed by atoms with Crippen molar-refractivity contribution in [1.29, 1.82) is 0 Å². The van der Waals surface area contributed by atoms with Crippen LogP contribution in [0.5, 0.6) is 11.5 Å². The maximum Gasteiger partial charge on any atom is 0.416 e. The van der Waals surface area contributed by atoms with Gasteiger partial charge in [-0.25, -0.2) is 8.42 Å². The van der Waals surface area contributed by atoms with Crippen LogP contribution in [0.2, 0.25) is 0 Å². The largest absolute Gasteiger partial charge is 0.497 e. The first-order valence-corrected chi connectivity index (χ1v) is 12.6. The molecule has 0 unspecified atom stereocenters. The minimum absolute atomic E-state index is 0.161. The van der Waals surface area contributed by atoms with Crippen LogP contribution in [0.3, 0.4) is 0 Å². The number of alkyl halides is 3. The number of ether oxygens (including phenoxy) is 2. The van der Waals surface area contributed by atoms with Gasteiger partial charge in [-0.2, -0.15) is 13.2 Å². The summed E-state index contributed by atoms with van der Waals surface area (Å²) >= 11 is 0. The minimum atomic E-state index is -4.70. The van der Waals surface area contributed by atoms with E-state index in [2.05, 4.69) is 5.32 Å². The normalized spacial score (nSPS) is 12.5. The van der Waals surface area contributed by atoms with E-state index in [9.17, 15) is 26.4 Å². The van der Waals surface area contributed by atoms with Gasteiger partial charge in [0.05, 0.1) is 36.4 Å². The number of methoxy groups -OCH3 is 2. The molecule has 0 bridgehead atoms. The molecular formula is C26H27F3N2O5S. The van der Waals surface area contributed by atoms with E-state index in [0.717, 1.165) is 17.7 Å². The number of hydrogen-bond donors (Lipinski definition) is 1. The Kier molecular flexibility index (Phi) is 8.37. The molecule has 0 aromatic heterocycles. The fraction of sp³-hybridized carbons (Fsp3) is 0.269. The Balaban J connectivity index is 1.98. The molecule has 0 spiro atoms. The van der Waals surface area contributed by atoms with Gasteiger partial charge in [0.15, 0.2) is 0 Å². The van der Waals surface area contributed by atoms with Crippen molar-refractivity contribution in [2.75, 3.05) is 25.1 Å². The van der Waals surface area contributed by atoms with E-state index < -0.39 is 40.3 Å². The van der Waals surface area contributed by atoms with Gasteiger partial charge in [-0.1, -0.05) is 23.8 Å². The molecule has 0 aliphatic carbocycles. The van der Waals surface area contributed by atoms with E-state index >= 15 is 0 Å². The van der Waals surface area contributed by atoms with Crippen molar-refractivity contribution in [1.82, 2.24) is 5.32 Å². The zero-order chi connectivity index (χ0) is 27.4. The molecule has 0 fully saturated rings. The molecule has 198 valence electrons. The monoisotopic (exact) mass is 536 g/mol. The molecule has 0 saturated heterocycles. The summed E-state index contributed by atoms with van der Waals surface area (Å²) in [5, 5.41) is 2.70. The highest BCUT2D eigenvalue weighted by atomic mass is 32.2. The van der Waals surface area contributed by atoms with Crippen molar-refractivity contribution < 1.29 is 35.9 Å². The molecule has 1 N–H and O–H groups in total. The predicted molar refractivity (Wildman–Crippen MR) is 133 cm³/mol. The maximum absolute atomic E-state index is 13.5. The molecule has 37 heavy (non-hydrogen) atoms. The van der Waals surface area contributed by atoms with Gasteiger partial charge < -0.3 is 14.8 Å². The van der Waals surface area contributed by atoms with Crippen molar-refractivity contribution in [2.45, 2.75) is 31.0 Å². The van der Waals surface area contributed by atoms with Gasteiger partial charge in [0, 0.05) is 5.56 Å². The number of benzene rings is 3. The Hall–Kier alpha value is -3.73. The van der Waals surface area contributed by atoms with Crippen LogP contribution in [-0.4, -0.2) is 35.1 Å². The van der Waals surface area contributed by atoms with E-state index in [1.807, 2.05) is 0 Å². The number of carbonyl (C=O) groups excluding carboxylic acids is 1. The highest BCUT2D eigenvalue weighted by Gasteiger charge is 2.33. The van der Waals surface area contributed by atoms with Gasteiger partial charge in [-0.05, 0) is 62.4 Å². The third-order valence-electron chi connectivity index (χ3n) is 5.64. The number of anilines is 1. The smallest absolute Gasteiger partial charge is 0.416 e. The highest BCUT2D eigenvalue weighted by Crippen LogP contribution is 2.34. The lowest BCUT2D eigenvalue weighted by Gasteiger charge is -2.26. The van der Waals surface area contributed by atoms with E-state index in [1.54, 1.807) is 44.2 Å². The average Bonchev–Trinajstić information content (AvgIpc) is 2.86. The van der Waals surface area contributed by atoms with Gasteiger partial charge in [-0.3, -0.25) is 9.10 Å². The van der Waals surface area contributed by atoms with Crippen molar-refractivity contribution in [2.24, 2.45) is 0 Å². The van der Waals surface area contributed by atoms with Crippen LogP contribution in [0.15, 0.2) is 71.6 Å². The summed E-state index contributed by atoms with van der Waals surface area (Å²) < 4.78 is 78.4. The Morgan fingerprint density at radius 2 is 1.68 bits per heavy atom. The predicted octanol–water partition coefficient (Wildman–Crippen LogP) is 5.10. The molecule has 3 aromatic carbocycles. The zero-order valence-corrected chi connectivity index (χ0v) is 21.5. The molecule has 0 aliphatic heterocycles. The second kappa shape index (κ2) is 11.1. The standard InChI is InChI=1S/C26H27F3N2O5S/c1-17-8-11-22(12-9-17)37(33,34)31(20-7-5-6-19(14-20)26(27,28)29)16-25(32)30-18(2)23-15-21(35-3)10-13-24(23)36-4/h5-15,18H,16H2,1-4H3,(H,30,32)/t18-/m0/s1. The van der Waals surface area contributed by atoms with Crippen LogP contribution in [0.25, 0.3) is 0 Å². The topological polar surface area (TPSA) is 84.9 Å². The third kappa shape index (κ3) is 6.53. The summed E-state index contributed by atoms with van der Waals surface area (Å²) in [5.41, 5.74) is 0.0340. The molecular weight excluding hydrogens is 509 g/mol. The molecule has 0 saturated carbocycles. The number of amides is 1. The molecule has 0 aliphatic rings. The number of aryl methyl sites for hydroxylation is 1. The minimum Gasteiger partial charge on any atom is -0.497 e. The van der Waals surface area contributed by atoms with Crippen LogP contribution in [0, 0.1) is 6.92 Å². The molecule has 1 atom stereocenters. The van der Waals surface area contributed by atoms with Gasteiger partial charge in [-0.15, -0.1) is 0 Å². The molecule has 1 amide bonds. The number of sulfonamides is 1. The lowest BCUT2D eigenvalue weighted by atomic mass is 10.1.